The topological polar surface area (TPSA) is 78.4 Å². The van der Waals surface area contributed by atoms with Gasteiger partial charge in [-0.25, -0.2) is 4.79 Å². The van der Waals surface area contributed by atoms with Gasteiger partial charge >= 0.3 is 5.97 Å². The number of amides is 1. The van der Waals surface area contributed by atoms with Crippen LogP contribution in [-0.2, 0) is 9.59 Å². The van der Waals surface area contributed by atoms with Crippen LogP contribution in [0.4, 0.5) is 0 Å². The van der Waals surface area contributed by atoms with Gasteiger partial charge in [0, 0.05) is 0 Å². The van der Waals surface area contributed by atoms with Crippen LogP contribution in [0.25, 0.3) is 0 Å². The van der Waals surface area contributed by atoms with E-state index >= 15 is 0 Å². The minimum atomic E-state index is -0.958. The van der Waals surface area contributed by atoms with E-state index in [9.17, 15) is 9.59 Å². The van der Waals surface area contributed by atoms with E-state index in [0.29, 0.717) is 0 Å². The van der Waals surface area contributed by atoms with Crippen LogP contribution in [0, 0.1) is 5.92 Å². The van der Waals surface area contributed by atoms with Crippen molar-refractivity contribution < 1.29 is 14.7 Å². The number of nitrogens with one attached hydrogen (secondary N) is 2. The van der Waals surface area contributed by atoms with Gasteiger partial charge in [-0.05, 0) is 25.3 Å². The Labute approximate surface area is 95.6 Å². The molecule has 0 aliphatic carbocycles. The molecule has 1 saturated heterocycles. The second-order valence-electron chi connectivity index (χ2n) is 4.36. The maximum Gasteiger partial charge on any atom is 0.326 e. The summed E-state index contributed by atoms with van der Waals surface area (Å²) in [6.45, 7) is 4.58. The minimum absolute atomic E-state index is 0.0529. The molecule has 1 heterocycles. The molecule has 0 spiro atoms. The van der Waals surface area contributed by atoms with Crippen LogP contribution in [0.3, 0.4) is 0 Å². The van der Waals surface area contributed by atoms with Gasteiger partial charge in [0.15, 0.2) is 0 Å². The molecule has 1 amide bonds. The van der Waals surface area contributed by atoms with Gasteiger partial charge in [-0.3, -0.25) is 4.79 Å². The van der Waals surface area contributed by atoms with Gasteiger partial charge in [0.2, 0.25) is 5.91 Å². The minimum Gasteiger partial charge on any atom is -0.480 e. The summed E-state index contributed by atoms with van der Waals surface area (Å²) in [6, 6.07) is -0.995. The summed E-state index contributed by atoms with van der Waals surface area (Å²) in [5.41, 5.74) is 0. The fourth-order valence-electron chi connectivity index (χ4n) is 1.85. The van der Waals surface area contributed by atoms with Crippen molar-refractivity contribution in [3.63, 3.8) is 0 Å². The molecule has 0 bridgehead atoms. The molecule has 0 aromatic carbocycles. The largest absolute Gasteiger partial charge is 0.480 e. The number of carbonyl (C=O) groups excluding carboxylic acids is 1. The molecular formula is C11H20N2O3. The molecule has 3 atom stereocenters. The molecule has 0 unspecified atom stereocenters. The van der Waals surface area contributed by atoms with Crippen LogP contribution in [0.5, 0.6) is 0 Å². The molecule has 1 fully saturated rings. The second-order valence-corrected chi connectivity index (χ2v) is 4.36. The summed E-state index contributed by atoms with van der Waals surface area (Å²) in [5.74, 6) is -1.20. The van der Waals surface area contributed by atoms with Crippen molar-refractivity contribution in [2.45, 2.75) is 45.2 Å². The highest BCUT2D eigenvalue weighted by Crippen LogP contribution is 2.10. The van der Waals surface area contributed by atoms with Crippen molar-refractivity contribution in [2.75, 3.05) is 6.54 Å². The number of carboxylic acid groups (broad SMARTS) is 1. The molecule has 1 aliphatic heterocycles. The highest BCUT2D eigenvalue weighted by molar-refractivity contribution is 5.87. The zero-order valence-electron chi connectivity index (χ0n) is 9.82. The molecule has 1 aliphatic rings. The lowest BCUT2D eigenvalue weighted by Crippen LogP contribution is -2.50. The number of carboxylic acids is 1. The maximum absolute atomic E-state index is 11.7. The molecule has 16 heavy (non-hydrogen) atoms. The maximum atomic E-state index is 11.7. The summed E-state index contributed by atoms with van der Waals surface area (Å²) in [5, 5.41) is 14.7. The van der Waals surface area contributed by atoms with Crippen LogP contribution >= 0.6 is 0 Å². The predicted molar refractivity (Wildman–Crippen MR) is 60.0 cm³/mol. The Kier molecular flexibility index (Phi) is 4.73. The number of carbonyl (C=O) groups is 2. The lowest BCUT2D eigenvalue weighted by Gasteiger charge is -2.22. The van der Waals surface area contributed by atoms with Crippen molar-refractivity contribution >= 4 is 11.9 Å². The number of aliphatic carboxylic acids is 1. The van der Waals surface area contributed by atoms with Crippen LogP contribution in [-0.4, -0.2) is 35.6 Å². The highest BCUT2D eigenvalue weighted by atomic mass is 16.4. The average Bonchev–Trinajstić information content (AvgIpc) is 2.77. The van der Waals surface area contributed by atoms with Gasteiger partial charge in [-0.2, -0.15) is 0 Å². The van der Waals surface area contributed by atoms with E-state index < -0.39 is 12.0 Å². The SMILES string of the molecule is CC[C@@H](C)[C@@H](NC(=O)[C@H]1CCCN1)C(=O)O. The lowest BCUT2D eigenvalue weighted by molar-refractivity contribution is -0.143. The monoisotopic (exact) mass is 228 g/mol. The summed E-state index contributed by atoms with van der Waals surface area (Å²) in [7, 11) is 0. The summed E-state index contributed by atoms with van der Waals surface area (Å²) in [4.78, 5) is 22.8. The van der Waals surface area contributed by atoms with Crippen molar-refractivity contribution in [1.29, 1.82) is 0 Å². The number of hydrogen-bond acceptors (Lipinski definition) is 3. The summed E-state index contributed by atoms with van der Waals surface area (Å²) in [6.07, 6.45) is 2.49. The fourth-order valence-corrected chi connectivity index (χ4v) is 1.85. The van der Waals surface area contributed by atoms with Crippen LogP contribution in [0.2, 0.25) is 0 Å². The first-order chi connectivity index (χ1) is 7.56. The average molecular weight is 228 g/mol. The first-order valence-corrected chi connectivity index (χ1v) is 5.82. The van der Waals surface area contributed by atoms with Crippen molar-refractivity contribution in [3.8, 4) is 0 Å². The molecule has 0 saturated carbocycles. The molecule has 5 nitrogen and oxygen atoms in total. The molecule has 92 valence electrons. The van der Waals surface area contributed by atoms with E-state index in [-0.39, 0.29) is 17.9 Å². The zero-order valence-corrected chi connectivity index (χ0v) is 9.82. The Morgan fingerprint density at radius 1 is 1.56 bits per heavy atom. The molecular weight excluding hydrogens is 208 g/mol. The summed E-state index contributed by atoms with van der Waals surface area (Å²) >= 11 is 0. The molecule has 0 aromatic rings. The van der Waals surface area contributed by atoms with Crippen LogP contribution in [0.15, 0.2) is 0 Å². The number of rotatable bonds is 5. The van der Waals surface area contributed by atoms with Gasteiger partial charge in [0.1, 0.15) is 6.04 Å². The van der Waals surface area contributed by atoms with Crippen molar-refractivity contribution in [1.82, 2.24) is 10.6 Å². The van der Waals surface area contributed by atoms with E-state index in [1.54, 1.807) is 0 Å². The smallest absolute Gasteiger partial charge is 0.326 e. The van der Waals surface area contributed by atoms with E-state index in [1.165, 1.54) is 0 Å². The van der Waals surface area contributed by atoms with Gasteiger partial charge in [-0.15, -0.1) is 0 Å². The normalized spacial score (nSPS) is 23.8. The first kappa shape index (κ1) is 13.0. The fraction of sp³-hybridized carbons (Fsp3) is 0.818. The predicted octanol–water partition coefficient (Wildman–Crippen LogP) is 0.354. The Morgan fingerprint density at radius 2 is 2.25 bits per heavy atom. The van der Waals surface area contributed by atoms with Gasteiger partial charge in [0.25, 0.3) is 0 Å². The van der Waals surface area contributed by atoms with E-state index in [1.807, 2.05) is 13.8 Å². The molecule has 1 rings (SSSR count). The van der Waals surface area contributed by atoms with Gasteiger partial charge < -0.3 is 15.7 Å². The van der Waals surface area contributed by atoms with E-state index in [0.717, 1.165) is 25.8 Å². The first-order valence-electron chi connectivity index (χ1n) is 5.82. The Balaban J connectivity index is 2.53. The van der Waals surface area contributed by atoms with Gasteiger partial charge in [0.05, 0.1) is 6.04 Å². The molecule has 0 radical (unpaired) electrons. The Bertz CT molecular complexity index is 262. The molecule has 3 N–H and O–H groups in total. The zero-order chi connectivity index (χ0) is 12.1. The Hall–Kier alpha value is -1.10. The highest BCUT2D eigenvalue weighted by Gasteiger charge is 2.29. The quantitative estimate of drug-likeness (QED) is 0.634. The van der Waals surface area contributed by atoms with E-state index in [4.69, 9.17) is 5.11 Å². The third-order valence-corrected chi connectivity index (χ3v) is 3.15. The van der Waals surface area contributed by atoms with Crippen LogP contribution < -0.4 is 10.6 Å². The lowest BCUT2D eigenvalue weighted by atomic mass is 9.99. The number of hydrogen-bond donors (Lipinski definition) is 3. The summed E-state index contributed by atoms with van der Waals surface area (Å²) < 4.78 is 0. The van der Waals surface area contributed by atoms with E-state index in [2.05, 4.69) is 10.6 Å². The molecule has 5 heteroatoms. The van der Waals surface area contributed by atoms with Crippen molar-refractivity contribution in [2.24, 2.45) is 5.92 Å². The standard InChI is InChI=1S/C11H20N2O3/c1-3-7(2)9(11(15)16)13-10(14)8-5-4-6-12-8/h7-9,12H,3-6H2,1-2H3,(H,13,14)(H,15,16)/t7-,8-,9-/m1/s1. The van der Waals surface area contributed by atoms with Crippen LogP contribution in [0.1, 0.15) is 33.1 Å². The second kappa shape index (κ2) is 5.84. The third kappa shape index (κ3) is 3.20. The van der Waals surface area contributed by atoms with Crippen molar-refractivity contribution in [3.05, 3.63) is 0 Å². The Morgan fingerprint density at radius 3 is 2.69 bits per heavy atom. The molecule has 0 aromatic heterocycles. The van der Waals surface area contributed by atoms with Gasteiger partial charge in [-0.1, -0.05) is 20.3 Å². The third-order valence-electron chi connectivity index (χ3n) is 3.15.